The van der Waals surface area contributed by atoms with Crippen LogP contribution in [-0.4, -0.2) is 34.8 Å². The van der Waals surface area contributed by atoms with E-state index in [1.54, 1.807) is 0 Å². The summed E-state index contributed by atoms with van der Waals surface area (Å²) in [6.07, 6.45) is 1.55. The molecule has 2 N–H and O–H groups in total. The third kappa shape index (κ3) is 3.86. The number of amides is 2. The summed E-state index contributed by atoms with van der Waals surface area (Å²) >= 11 is 0. The SMILES string of the molecule is CC(C(=O)N1CCC(c2nc3ccccc3cc2C(N)=O)CC1)c1ccccc1. The molecule has 29 heavy (non-hydrogen) atoms. The van der Waals surface area contributed by atoms with Gasteiger partial charge in [-0.15, -0.1) is 0 Å². The van der Waals surface area contributed by atoms with Crippen LogP contribution in [-0.2, 0) is 4.79 Å². The molecule has 2 amide bonds. The second-order valence-electron chi connectivity index (χ2n) is 7.71. The topological polar surface area (TPSA) is 76.3 Å². The number of piperidine rings is 1. The number of primary amides is 1. The lowest BCUT2D eigenvalue weighted by Gasteiger charge is -2.34. The zero-order valence-electron chi connectivity index (χ0n) is 16.5. The Labute approximate surface area is 170 Å². The molecule has 2 aromatic carbocycles. The number of nitrogens with zero attached hydrogens (tertiary/aromatic N) is 2. The molecule has 148 valence electrons. The molecule has 0 spiro atoms. The average molecular weight is 387 g/mol. The largest absolute Gasteiger partial charge is 0.366 e. The molecule has 1 unspecified atom stereocenters. The summed E-state index contributed by atoms with van der Waals surface area (Å²) in [6, 6.07) is 19.5. The van der Waals surface area contributed by atoms with Crippen molar-refractivity contribution in [2.75, 3.05) is 13.1 Å². The van der Waals surface area contributed by atoms with Crippen LogP contribution in [0.15, 0.2) is 60.7 Å². The molecule has 0 aliphatic carbocycles. The van der Waals surface area contributed by atoms with Crippen LogP contribution in [0.4, 0.5) is 0 Å². The van der Waals surface area contributed by atoms with Gasteiger partial charge in [0, 0.05) is 24.4 Å². The molecule has 1 aromatic heterocycles. The van der Waals surface area contributed by atoms with Crippen molar-refractivity contribution < 1.29 is 9.59 Å². The number of pyridine rings is 1. The molecule has 3 aromatic rings. The van der Waals surface area contributed by atoms with E-state index in [1.807, 2.05) is 72.5 Å². The number of aromatic nitrogens is 1. The standard InChI is InChI=1S/C24H25N3O2/c1-16(17-7-3-2-4-8-17)24(29)27-13-11-18(12-14-27)22-20(23(25)28)15-19-9-5-6-10-21(19)26-22/h2-10,15-16,18H,11-14H2,1H3,(H2,25,28). The maximum absolute atomic E-state index is 12.9. The molecule has 5 heteroatoms. The molecule has 1 fully saturated rings. The van der Waals surface area contributed by atoms with Crippen molar-refractivity contribution in [2.24, 2.45) is 5.73 Å². The van der Waals surface area contributed by atoms with E-state index in [9.17, 15) is 9.59 Å². The van der Waals surface area contributed by atoms with Crippen molar-refractivity contribution in [2.45, 2.75) is 31.6 Å². The molecule has 0 saturated carbocycles. The van der Waals surface area contributed by atoms with E-state index < -0.39 is 5.91 Å². The highest BCUT2D eigenvalue weighted by Gasteiger charge is 2.29. The number of rotatable bonds is 4. The van der Waals surface area contributed by atoms with E-state index in [0.29, 0.717) is 18.7 Å². The second-order valence-corrected chi connectivity index (χ2v) is 7.71. The Kier molecular flexibility index (Phi) is 5.30. The summed E-state index contributed by atoms with van der Waals surface area (Å²) in [5.74, 6) is -0.336. The first-order chi connectivity index (χ1) is 14.0. The van der Waals surface area contributed by atoms with E-state index >= 15 is 0 Å². The van der Waals surface area contributed by atoms with Crippen LogP contribution in [0.3, 0.4) is 0 Å². The Morgan fingerprint density at radius 2 is 1.69 bits per heavy atom. The normalized spacial score (nSPS) is 16.0. The zero-order chi connectivity index (χ0) is 20.4. The van der Waals surface area contributed by atoms with Gasteiger partial charge in [0.05, 0.1) is 22.7 Å². The maximum atomic E-state index is 12.9. The minimum absolute atomic E-state index is 0.123. The van der Waals surface area contributed by atoms with Crippen molar-refractivity contribution in [3.63, 3.8) is 0 Å². The number of hydrogen-bond acceptors (Lipinski definition) is 3. The molecule has 5 nitrogen and oxygen atoms in total. The molecule has 1 saturated heterocycles. The Morgan fingerprint density at radius 3 is 2.38 bits per heavy atom. The monoisotopic (exact) mass is 387 g/mol. The predicted molar refractivity (Wildman–Crippen MR) is 114 cm³/mol. The van der Waals surface area contributed by atoms with Gasteiger partial charge in [0.2, 0.25) is 5.91 Å². The smallest absolute Gasteiger partial charge is 0.250 e. The van der Waals surface area contributed by atoms with Gasteiger partial charge in [-0.05, 0) is 37.5 Å². The van der Waals surface area contributed by atoms with E-state index in [0.717, 1.165) is 35.0 Å². The summed E-state index contributed by atoms with van der Waals surface area (Å²) in [4.78, 5) is 31.7. The number of carbonyl (C=O) groups is 2. The number of benzene rings is 2. The third-order valence-corrected chi connectivity index (χ3v) is 5.88. The van der Waals surface area contributed by atoms with Crippen LogP contribution >= 0.6 is 0 Å². The fourth-order valence-electron chi connectivity index (χ4n) is 4.17. The van der Waals surface area contributed by atoms with Gasteiger partial charge in [0.25, 0.3) is 5.91 Å². The summed E-state index contributed by atoms with van der Waals surface area (Å²) in [5, 5.41) is 0.911. The second kappa shape index (κ2) is 8.03. The summed E-state index contributed by atoms with van der Waals surface area (Å²) in [6.45, 7) is 3.28. The van der Waals surface area contributed by atoms with Gasteiger partial charge >= 0.3 is 0 Å². The van der Waals surface area contributed by atoms with E-state index in [2.05, 4.69) is 0 Å². The summed E-state index contributed by atoms with van der Waals surface area (Å²) in [5.41, 5.74) is 8.80. The molecule has 2 heterocycles. The molecule has 1 aliphatic heterocycles. The Morgan fingerprint density at radius 1 is 1.03 bits per heavy atom. The molecule has 1 atom stereocenters. The molecular weight excluding hydrogens is 362 g/mol. The highest BCUT2D eigenvalue weighted by atomic mass is 16.2. The average Bonchev–Trinajstić information content (AvgIpc) is 2.78. The van der Waals surface area contributed by atoms with Crippen LogP contribution < -0.4 is 5.73 Å². The zero-order valence-corrected chi connectivity index (χ0v) is 16.5. The van der Waals surface area contributed by atoms with E-state index in [1.165, 1.54) is 0 Å². The minimum Gasteiger partial charge on any atom is -0.366 e. The van der Waals surface area contributed by atoms with Gasteiger partial charge in [-0.2, -0.15) is 0 Å². The first kappa shape index (κ1) is 19.1. The van der Waals surface area contributed by atoms with Gasteiger partial charge in [0.1, 0.15) is 0 Å². The summed E-state index contributed by atoms with van der Waals surface area (Å²) < 4.78 is 0. The van der Waals surface area contributed by atoms with Gasteiger partial charge < -0.3 is 10.6 Å². The molecule has 1 aliphatic rings. The van der Waals surface area contributed by atoms with Crippen LogP contribution in [0.2, 0.25) is 0 Å². The highest BCUT2D eigenvalue weighted by molar-refractivity contribution is 5.97. The highest BCUT2D eigenvalue weighted by Crippen LogP contribution is 2.32. The van der Waals surface area contributed by atoms with E-state index in [-0.39, 0.29) is 17.7 Å². The predicted octanol–water partition coefficient (Wildman–Crippen LogP) is 3.84. The fourth-order valence-corrected chi connectivity index (χ4v) is 4.17. The Balaban J connectivity index is 1.52. The van der Waals surface area contributed by atoms with Gasteiger partial charge in [0.15, 0.2) is 0 Å². The minimum atomic E-state index is -0.450. The molecule has 0 bridgehead atoms. The van der Waals surface area contributed by atoms with Crippen LogP contribution in [0.5, 0.6) is 0 Å². The van der Waals surface area contributed by atoms with Gasteiger partial charge in [-0.3, -0.25) is 14.6 Å². The molecular formula is C24H25N3O2. The van der Waals surface area contributed by atoms with Gasteiger partial charge in [-0.1, -0.05) is 48.5 Å². The Hall–Kier alpha value is -3.21. The van der Waals surface area contributed by atoms with Crippen molar-refractivity contribution in [1.82, 2.24) is 9.88 Å². The maximum Gasteiger partial charge on any atom is 0.250 e. The number of carbonyl (C=O) groups excluding carboxylic acids is 2. The third-order valence-electron chi connectivity index (χ3n) is 5.88. The van der Waals surface area contributed by atoms with Crippen molar-refractivity contribution >= 4 is 22.7 Å². The number of para-hydroxylation sites is 1. The number of fused-ring (bicyclic) bond motifs is 1. The van der Waals surface area contributed by atoms with Crippen LogP contribution in [0.25, 0.3) is 10.9 Å². The lowest BCUT2D eigenvalue weighted by Crippen LogP contribution is -2.40. The molecule has 4 rings (SSSR count). The quantitative estimate of drug-likeness (QED) is 0.739. The van der Waals surface area contributed by atoms with Crippen LogP contribution in [0, 0.1) is 0 Å². The van der Waals surface area contributed by atoms with Crippen LogP contribution in [0.1, 0.15) is 53.2 Å². The Bertz CT molecular complexity index is 1040. The van der Waals surface area contributed by atoms with Crippen molar-refractivity contribution in [3.05, 3.63) is 77.5 Å². The van der Waals surface area contributed by atoms with Gasteiger partial charge in [-0.25, -0.2) is 0 Å². The number of nitrogens with two attached hydrogens (primary N) is 1. The number of likely N-dealkylation sites (tertiary alicyclic amines) is 1. The lowest BCUT2D eigenvalue weighted by molar-refractivity contribution is -0.133. The first-order valence-electron chi connectivity index (χ1n) is 10.1. The molecule has 0 radical (unpaired) electrons. The van der Waals surface area contributed by atoms with Crippen molar-refractivity contribution in [3.8, 4) is 0 Å². The first-order valence-corrected chi connectivity index (χ1v) is 10.1. The lowest BCUT2D eigenvalue weighted by atomic mass is 9.88. The fraction of sp³-hybridized carbons (Fsp3) is 0.292. The van der Waals surface area contributed by atoms with Crippen molar-refractivity contribution in [1.29, 1.82) is 0 Å². The number of hydrogen-bond donors (Lipinski definition) is 1. The van der Waals surface area contributed by atoms with E-state index in [4.69, 9.17) is 10.7 Å². The summed E-state index contributed by atoms with van der Waals surface area (Å²) in [7, 11) is 0.